The van der Waals surface area contributed by atoms with Crippen molar-refractivity contribution in [2.75, 3.05) is 11.9 Å². The van der Waals surface area contributed by atoms with Crippen molar-refractivity contribution < 1.29 is 9.59 Å². The van der Waals surface area contributed by atoms with Gasteiger partial charge in [0.15, 0.2) is 0 Å². The molecule has 0 fully saturated rings. The number of carbonyl (C=O) groups is 2. The largest absolute Gasteiger partial charge is 0.346 e. The van der Waals surface area contributed by atoms with Gasteiger partial charge in [-0.25, -0.2) is 4.79 Å². The van der Waals surface area contributed by atoms with Crippen LogP contribution in [0.15, 0.2) is 42.6 Å². The summed E-state index contributed by atoms with van der Waals surface area (Å²) in [6, 6.07) is 9.78. The van der Waals surface area contributed by atoms with Crippen LogP contribution >= 0.6 is 11.6 Å². The topological polar surface area (TPSA) is 74.3 Å². The number of hydrogen-bond acceptors (Lipinski definition) is 3. The van der Waals surface area contributed by atoms with Crippen LogP contribution in [-0.4, -0.2) is 29.5 Å². The van der Waals surface area contributed by atoms with Gasteiger partial charge < -0.3 is 10.6 Å². The van der Waals surface area contributed by atoms with Crippen LogP contribution < -0.4 is 15.5 Å². The highest BCUT2D eigenvalue weighted by Gasteiger charge is 2.21. The quantitative estimate of drug-likeness (QED) is 0.875. The van der Waals surface area contributed by atoms with Gasteiger partial charge in [0, 0.05) is 23.8 Å². The monoisotopic (exact) mass is 360 g/mol. The van der Waals surface area contributed by atoms with Crippen LogP contribution in [-0.2, 0) is 0 Å². The van der Waals surface area contributed by atoms with Gasteiger partial charge in [-0.2, -0.15) is 0 Å². The molecule has 1 aromatic carbocycles. The maximum atomic E-state index is 12.4. The molecule has 1 aromatic heterocycles. The zero-order chi connectivity index (χ0) is 18.6. The molecule has 0 atom stereocenters. The van der Waals surface area contributed by atoms with E-state index in [0.717, 1.165) is 0 Å². The molecule has 2 rings (SSSR count). The minimum Gasteiger partial charge on any atom is -0.346 e. The molecule has 0 saturated heterocycles. The van der Waals surface area contributed by atoms with Crippen molar-refractivity contribution in [1.29, 1.82) is 0 Å². The smallest absolute Gasteiger partial charge is 0.326 e. The Hall–Kier alpha value is -2.60. The number of amides is 3. The molecule has 0 aliphatic rings. The predicted molar refractivity (Wildman–Crippen MR) is 99.5 cm³/mol. The van der Waals surface area contributed by atoms with E-state index in [1.807, 2.05) is 20.8 Å². The number of rotatable bonds is 3. The third-order valence-corrected chi connectivity index (χ3v) is 3.44. The van der Waals surface area contributed by atoms with Crippen LogP contribution in [0.3, 0.4) is 0 Å². The number of hydrogen-bond donors (Lipinski definition) is 2. The summed E-state index contributed by atoms with van der Waals surface area (Å²) >= 11 is 6.04. The van der Waals surface area contributed by atoms with E-state index in [2.05, 4.69) is 15.6 Å². The van der Waals surface area contributed by atoms with E-state index in [1.165, 1.54) is 18.1 Å². The molecule has 0 unspecified atom stereocenters. The Kier molecular flexibility index (Phi) is 5.64. The second-order valence-electron chi connectivity index (χ2n) is 6.47. The van der Waals surface area contributed by atoms with Crippen molar-refractivity contribution in [1.82, 2.24) is 15.6 Å². The van der Waals surface area contributed by atoms with E-state index < -0.39 is 0 Å². The molecule has 2 N–H and O–H groups in total. The molecular formula is C18H21ClN4O2. The summed E-state index contributed by atoms with van der Waals surface area (Å²) < 4.78 is 0. The Morgan fingerprint density at radius 2 is 1.80 bits per heavy atom. The van der Waals surface area contributed by atoms with Crippen LogP contribution in [0.2, 0.25) is 5.02 Å². The van der Waals surface area contributed by atoms with Crippen molar-refractivity contribution >= 4 is 34.9 Å². The summed E-state index contributed by atoms with van der Waals surface area (Å²) in [6.07, 6.45) is 1.49. The lowest BCUT2D eigenvalue weighted by Gasteiger charge is -2.24. The fourth-order valence-corrected chi connectivity index (χ4v) is 2.38. The number of halogens is 1. The Morgan fingerprint density at radius 3 is 2.40 bits per heavy atom. The first-order chi connectivity index (χ1) is 11.7. The van der Waals surface area contributed by atoms with Gasteiger partial charge in [-0.05, 0) is 51.1 Å². The second kappa shape index (κ2) is 7.53. The molecule has 0 aliphatic heterocycles. The van der Waals surface area contributed by atoms with Crippen molar-refractivity contribution in [2.45, 2.75) is 26.3 Å². The Balaban J connectivity index is 2.44. The number of nitrogens with zero attached hydrogens (tertiary/aromatic N) is 2. The van der Waals surface area contributed by atoms with Crippen molar-refractivity contribution in [2.24, 2.45) is 0 Å². The van der Waals surface area contributed by atoms with Crippen LogP contribution in [0.25, 0.3) is 0 Å². The van der Waals surface area contributed by atoms with Crippen LogP contribution in [0.5, 0.6) is 0 Å². The van der Waals surface area contributed by atoms with Crippen LogP contribution in [0, 0.1) is 0 Å². The lowest BCUT2D eigenvalue weighted by Crippen LogP contribution is -2.41. The lowest BCUT2D eigenvalue weighted by molar-refractivity contribution is 0.0914. The summed E-state index contributed by atoms with van der Waals surface area (Å²) in [5.41, 5.74) is 0.932. The number of urea groups is 1. The molecule has 0 spiro atoms. The normalized spacial score (nSPS) is 10.9. The Labute approximate surface area is 152 Å². The highest BCUT2D eigenvalue weighted by atomic mass is 35.5. The number of carbonyl (C=O) groups excluding carboxylic acids is 2. The molecule has 132 valence electrons. The zero-order valence-corrected chi connectivity index (χ0v) is 15.4. The molecule has 25 heavy (non-hydrogen) atoms. The first-order valence-corrected chi connectivity index (χ1v) is 8.15. The maximum absolute atomic E-state index is 12.4. The van der Waals surface area contributed by atoms with Gasteiger partial charge in [0.1, 0.15) is 5.69 Å². The van der Waals surface area contributed by atoms with Gasteiger partial charge in [0.2, 0.25) is 0 Å². The fraction of sp³-hybridized carbons (Fsp3) is 0.278. The highest BCUT2D eigenvalue weighted by Crippen LogP contribution is 2.28. The SMILES string of the molecule is CNC(=O)N(c1cccc(Cl)c1)c1ccnc(C(=O)NC(C)(C)C)c1. The Morgan fingerprint density at radius 1 is 1.12 bits per heavy atom. The van der Waals surface area contributed by atoms with Crippen LogP contribution in [0.1, 0.15) is 31.3 Å². The first-order valence-electron chi connectivity index (χ1n) is 7.77. The molecule has 0 saturated carbocycles. The fourth-order valence-electron chi connectivity index (χ4n) is 2.20. The summed E-state index contributed by atoms with van der Waals surface area (Å²) in [5.74, 6) is -0.308. The number of aromatic nitrogens is 1. The summed E-state index contributed by atoms with van der Waals surface area (Å²) in [6.45, 7) is 5.66. The van der Waals surface area contributed by atoms with Gasteiger partial charge in [-0.15, -0.1) is 0 Å². The van der Waals surface area contributed by atoms with Gasteiger partial charge in [0.25, 0.3) is 5.91 Å². The number of pyridine rings is 1. The number of benzene rings is 1. The van der Waals surface area contributed by atoms with Crippen LogP contribution in [0.4, 0.5) is 16.2 Å². The molecule has 1 heterocycles. The lowest BCUT2D eigenvalue weighted by atomic mass is 10.1. The number of nitrogens with one attached hydrogen (secondary N) is 2. The molecule has 6 nitrogen and oxygen atoms in total. The van der Waals surface area contributed by atoms with E-state index in [4.69, 9.17) is 11.6 Å². The molecule has 2 aromatic rings. The average Bonchev–Trinajstić information content (AvgIpc) is 2.53. The standard InChI is InChI=1S/C18H21ClN4O2/c1-18(2,3)22-16(24)15-11-14(8-9-21-15)23(17(25)20-4)13-7-5-6-12(19)10-13/h5-11H,1-4H3,(H,20,25)(H,22,24). The third-order valence-electron chi connectivity index (χ3n) is 3.21. The van der Waals surface area contributed by atoms with Crippen molar-refractivity contribution in [3.8, 4) is 0 Å². The van der Waals surface area contributed by atoms with E-state index >= 15 is 0 Å². The number of anilines is 2. The summed E-state index contributed by atoms with van der Waals surface area (Å²) in [7, 11) is 1.54. The van der Waals surface area contributed by atoms with Crippen molar-refractivity contribution in [3.63, 3.8) is 0 Å². The van der Waals surface area contributed by atoms with Crippen molar-refractivity contribution in [3.05, 3.63) is 53.3 Å². The molecule has 3 amide bonds. The summed E-state index contributed by atoms with van der Waals surface area (Å²) in [4.78, 5) is 30.3. The minimum atomic E-state index is -0.387. The predicted octanol–water partition coefficient (Wildman–Crippen LogP) is 3.74. The third kappa shape index (κ3) is 4.93. The van der Waals surface area contributed by atoms with E-state index in [9.17, 15) is 9.59 Å². The van der Waals surface area contributed by atoms with Gasteiger partial charge in [-0.1, -0.05) is 17.7 Å². The van der Waals surface area contributed by atoms with Gasteiger partial charge in [0.05, 0.1) is 11.4 Å². The zero-order valence-electron chi connectivity index (χ0n) is 14.6. The second-order valence-corrected chi connectivity index (χ2v) is 6.91. The minimum absolute atomic E-state index is 0.225. The summed E-state index contributed by atoms with van der Waals surface area (Å²) in [5, 5.41) is 5.95. The molecule has 7 heteroatoms. The molecular weight excluding hydrogens is 340 g/mol. The Bertz CT molecular complexity index is 787. The van der Waals surface area contributed by atoms with Gasteiger partial charge >= 0.3 is 6.03 Å². The average molecular weight is 361 g/mol. The highest BCUT2D eigenvalue weighted by molar-refractivity contribution is 6.31. The van der Waals surface area contributed by atoms with E-state index in [-0.39, 0.29) is 23.2 Å². The first kappa shape index (κ1) is 18.7. The van der Waals surface area contributed by atoms with E-state index in [1.54, 1.807) is 36.4 Å². The van der Waals surface area contributed by atoms with Gasteiger partial charge in [-0.3, -0.25) is 14.7 Å². The molecule has 0 radical (unpaired) electrons. The van der Waals surface area contributed by atoms with E-state index in [0.29, 0.717) is 16.4 Å². The maximum Gasteiger partial charge on any atom is 0.326 e. The molecule has 0 bridgehead atoms. The molecule has 0 aliphatic carbocycles.